The second-order valence-electron chi connectivity index (χ2n) is 6.45. The van der Waals surface area contributed by atoms with Crippen molar-refractivity contribution in [2.24, 2.45) is 0 Å². The molecule has 6 nitrogen and oxygen atoms in total. The van der Waals surface area contributed by atoms with Crippen molar-refractivity contribution in [2.75, 3.05) is 26.2 Å². The Bertz CT molecular complexity index is 588. The van der Waals surface area contributed by atoms with Crippen LogP contribution in [0, 0.1) is 0 Å². The topological polar surface area (TPSA) is 70.7 Å². The molecule has 0 radical (unpaired) electrons. The van der Waals surface area contributed by atoms with Gasteiger partial charge in [-0.05, 0) is 30.5 Å². The molecule has 0 aromatic heterocycles. The van der Waals surface area contributed by atoms with Crippen molar-refractivity contribution < 1.29 is 14.3 Å². The molecule has 8 heteroatoms. The molecule has 26 heavy (non-hydrogen) atoms. The van der Waals surface area contributed by atoms with Crippen molar-refractivity contribution in [1.29, 1.82) is 0 Å². The largest absolute Gasteiger partial charge is 0.412 e. The molecule has 1 aromatic rings. The van der Waals surface area contributed by atoms with Gasteiger partial charge in [-0.1, -0.05) is 36.7 Å². The molecule has 1 saturated carbocycles. The molecule has 1 aliphatic carbocycles. The van der Waals surface area contributed by atoms with Gasteiger partial charge in [0.2, 0.25) is 0 Å². The number of benzene rings is 1. The smallest absolute Gasteiger partial charge is 0.410 e. The number of hydrogen-bond donors (Lipinski definition) is 2. The van der Waals surface area contributed by atoms with Crippen LogP contribution >= 0.6 is 24.2 Å². The van der Waals surface area contributed by atoms with Gasteiger partial charge in [-0.15, -0.1) is 12.4 Å². The molecule has 0 atom stereocenters. The van der Waals surface area contributed by atoms with Crippen molar-refractivity contribution in [3.8, 4) is 5.75 Å². The molecule has 144 valence electrons. The first-order chi connectivity index (χ1) is 12.2. The van der Waals surface area contributed by atoms with Crippen molar-refractivity contribution in [3.05, 3.63) is 29.8 Å². The fourth-order valence-corrected chi connectivity index (χ4v) is 3.96. The van der Waals surface area contributed by atoms with Gasteiger partial charge < -0.3 is 20.3 Å². The maximum absolute atomic E-state index is 12.1. The van der Waals surface area contributed by atoms with Crippen molar-refractivity contribution in [1.82, 2.24) is 15.5 Å². The first kappa shape index (κ1) is 20.9. The average Bonchev–Trinajstić information content (AvgIpc) is 3.14. The maximum Gasteiger partial charge on any atom is 0.412 e. The van der Waals surface area contributed by atoms with Crippen LogP contribution in [0.15, 0.2) is 24.3 Å². The molecular weight excluding hydrogens is 374 g/mol. The number of amides is 2. The normalized spacial score (nSPS) is 17.5. The summed E-state index contributed by atoms with van der Waals surface area (Å²) in [6.07, 6.45) is 4.02. The number of halogens is 1. The third kappa shape index (κ3) is 6.37. The number of rotatable bonds is 4. The van der Waals surface area contributed by atoms with Crippen LogP contribution < -0.4 is 15.4 Å². The molecule has 0 spiro atoms. The Labute approximate surface area is 164 Å². The third-order valence-electron chi connectivity index (χ3n) is 4.55. The molecule has 1 saturated heterocycles. The van der Waals surface area contributed by atoms with E-state index in [-0.39, 0.29) is 29.8 Å². The van der Waals surface area contributed by atoms with Gasteiger partial charge in [0.1, 0.15) is 5.75 Å². The van der Waals surface area contributed by atoms with Crippen LogP contribution in [0.4, 0.5) is 9.59 Å². The van der Waals surface area contributed by atoms with Gasteiger partial charge >= 0.3 is 6.09 Å². The Morgan fingerprint density at radius 3 is 2.46 bits per heavy atom. The third-order valence-corrected chi connectivity index (χ3v) is 5.53. The van der Waals surface area contributed by atoms with Crippen LogP contribution in [0.1, 0.15) is 31.2 Å². The van der Waals surface area contributed by atoms with E-state index in [0.717, 1.165) is 44.6 Å². The predicted octanol–water partition coefficient (Wildman–Crippen LogP) is 3.40. The van der Waals surface area contributed by atoms with Crippen LogP contribution in [0.5, 0.6) is 5.75 Å². The fraction of sp³-hybridized carbons (Fsp3) is 0.556. The first-order valence-corrected chi connectivity index (χ1v) is 9.89. The molecule has 3 rings (SSSR count). The summed E-state index contributed by atoms with van der Waals surface area (Å²) in [5, 5.41) is 6.26. The highest BCUT2D eigenvalue weighted by Crippen LogP contribution is 2.20. The molecule has 2 amide bonds. The quantitative estimate of drug-likeness (QED) is 0.811. The Morgan fingerprint density at radius 2 is 1.81 bits per heavy atom. The lowest BCUT2D eigenvalue weighted by Gasteiger charge is -2.26. The predicted molar refractivity (Wildman–Crippen MR) is 106 cm³/mol. The molecule has 0 unspecified atom stereocenters. The van der Waals surface area contributed by atoms with E-state index in [4.69, 9.17) is 4.74 Å². The van der Waals surface area contributed by atoms with E-state index in [9.17, 15) is 9.59 Å². The van der Waals surface area contributed by atoms with Gasteiger partial charge in [-0.2, -0.15) is 0 Å². The first-order valence-electron chi connectivity index (χ1n) is 8.90. The summed E-state index contributed by atoms with van der Waals surface area (Å²) in [6, 6.07) is 7.60. The number of thioether (sulfide) groups is 1. The molecule has 2 fully saturated rings. The maximum atomic E-state index is 12.1. The summed E-state index contributed by atoms with van der Waals surface area (Å²) in [6.45, 7) is 3.27. The standard InChI is InChI=1S/C18H25N3O3S.ClH/c22-17(20-15-3-1-2-4-15)24-16-7-5-14(6-8-16)13-25-18(23)21-11-9-19-10-12-21;/h5-8,15,19H,1-4,9-13H2,(H,20,22);1H. The zero-order valence-corrected chi connectivity index (χ0v) is 16.4. The van der Waals surface area contributed by atoms with E-state index in [1.54, 1.807) is 12.1 Å². The molecule has 1 aliphatic heterocycles. The number of nitrogens with zero attached hydrogens (tertiary/aromatic N) is 1. The Kier molecular flexibility index (Phi) is 8.54. The molecule has 2 aliphatic rings. The highest BCUT2D eigenvalue weighted by atomic mass is 35.5. The SMILES string of the molecule is Cl.O=C(NC1CCCC1)Oc1ccc(CSC(=O)N2CCNCC2)cc1. The number of nitrogens with one attached hydrogen (secondary N) is 2. The van der Waals surface area contributed by atoms with Crippen molar-refractivity contribution in [2.45, 2.75) is 37.5 Å². The number of ether oxygens (including phenoxy) is 1. The Balaban J connectivity index is 0.00000243. The van der Waals surface area contributed by atoms with E-state index in [2.05, 4.69) is 10.6 Å². The van der Waals surface area contributed by atoms with Crippen LogP contribution in [-0.4, -0.2) is 48.5 Å². The molecular formula is C18H26ClN3O3S. The van der Waals surface area contributed by atoms with Gasteiger partial charge in [-0.3, -0.25) is 4.79 Å². The van der Waals surface area contributed by atoms with Gasteiger partial charge in [0.15, 0.2) is 0 Å². The zero-order chi connectivity index (χ0) is 17.5. The number of hydrogen-bond acceptors (Lipinski definition) is 5. The zero-order valence-electron chi connectivity index (χ0n) is 14.7. The van der Waals surface area contributed by atoms with Crippen LogP contribution in [0.3, 0.4) is 0 Å². The van der Waals surface area contributed by atoms with E-state index in [0.29, 0.717) is 11.5 Å². The van der Waals surface area contributed by atoms with Crippen LogP contribution in [0.2, 0.25) is 0 Å². The van der Waals surface area contributed by atoms with Gasteiger partial charge in [0, 0.05) is 38.0 Å². The number of carbonyl (C=O) groups is 2. The minimum atomic E-state index is -0.386. The Hall–Kier alpha value is -1.44. The van der Waals surface area contributed by atoms with Gasteiger partial charge in [0.25, 0.3) is 5.24 Å². The fourth-order valence-electron chi connectivity index (χ4n) is 3.11. The lowest BCUT2D eigenvalue weighted by Crippen LogP contribution is -2.45. The molecule has 1 aromatic carbocycles. The summed E-state index contributed by atoms with van der Waals surface area (Å²) in [4.78, 5) is 25.9. The molecule has 1 heterocycles. The monoisotopic (exact) mass is 399 g/mol. The van der Waals surface area contributed by atoms with E-state index < -0.39 is 0 Å². The summed E-state index contributed by atoms with van der Waals surface area (Å²) in [7, 11) is 0. The number of carbonyl (C=O) groups excluding carboxylic acids is 2. The highest BCUT2D eigenvalue weighted by molar-refractivity contribution is 8.12. The van der Waals surface area contributed by atoms with E-state index >= 15 is 0 Å². The molecule has 2 N–H and O–H groups in total. The summed E-state index contributed by atoms with van der Waals surface area (Å²) < 4.78 is 5.31. The van der Waals surface area contributed by atoms with Crippen LogP contribution in [-0.2, 0) is 5.75 Å². The second-order valence-corrected chi connectivity index (χ2v) is 7.38. The van der Waals surface area contributed by atoms with Gasteiger partial charge in [-0.25, -0.2) is 4.79 Å². The highest BCUT2D eigenvalue weighted by Gasteiger charge is 2.18. The molecule has 0 bridgehead atoms. The lowest BCUT2D eigenvalue weighted by atomic mass is 10.2. The number of piperazine rings is 1. The van der Waals surface area contributed by atoms with Crippen molar-refractivity contribution in [3.63, 3.8) is 0 Å². The minimum absolute atomic E-state index is 0. The summed E-state index contributed by atoms with van der Waals surface area (Å²) in [5.74, 6) is 1.15. The van der Waals surface area contributed by atoms with E-state index in [1.807, 2.05) is 17.0 Å². The second kappa shape index (κ2) is 10.6. The van der Waals surface area contributed by atoms with Crippen LogP contribution in [0.25, 0.3) is 0 Å². The van der Waals surface area contributed by atoms with Gasteiger partial charge in [0.05, 0.1) is 0 Å². The van der Waals surface area contributed by atoms with Crippen molar-refractivity contribution >= 4 is 35.5 Å². The Morgan fingerprint density at radius 1 is 1.15 bits per heavy atom. The van der Waals surface area contributed by atoms with E-state index in [1.165, 1.54) is 24.6 Å². The lowest BCUT2D eigenvalue weighted by molar-refractivity contribution is 0.196. The summed E-state index contributed by atoms with van der Waals surface area (Å²) >= 11 is 1.32. The minimum Gasteiger partial charge on any atom is -0.410 e. The summed E-state index contributed by atoms with van der Waals surface area (Å²) in [5.41, 5.74) is 1.04. The average molecular weight is 400 g/mol.